The van der Waals surface area contributed by atoms with Crippen molar-refractivity contribution in [3.05, 3.63) is 23.8 Å². The molecule has 5 heteroatoms. The van der Waals surface area contributed by atoms with Crippen LogP contribution in [0.5, 0.6) is 11.5 Å². The molecule has 0 saturated heterocycles. The molecule has 0 aliphatic heterocycles. The molecule has 0 saturated carbocycles. The molecule has 0 spiro atoms. The lowest BCUT2D eigenvalue weighted by Crippen LogP contribution is -1.94. The van der Waals surface area contributed by atoms with Gasteiger partial charge in [-0.25, -0.2) is 4.79 Å². The van der Waals surface area contributed by atoms with Crippen LogP contribution in [0.2, 0.25) is 0 Å². The van der Waals surface area contributed by atoms with Gasteiger partial charge in [0.25, 0.3) is 0 Å². The van der Waals surface area contributed by atoms with Crippen LogP contribution in [0.25, 0.3) is 0 Å². The Hall–Kier alpha value is -1.75. The van der Waals surface area contributed by atoms with Gasteiger partial charge in [-0.3, -0.25) is 0 Å². The molecular weight excluding hydrogens is 164 g/mol. The minimum Gasteiger partial charge on any atom is -0.504 e. The molecule has 5 nitrogen and oxygen atoms in total. The normalized spacial score (nSPS) is 8.67. The number of rotatable bonds is 1. The molecule has 0 fully saturated rings. The van der Waals surface area contributed by atoms with E-state index in [9.17, 15) is 4.79 Å². The first-order chi connectivity index (χ1) is 5.11. The molecule has 0 amide bonds. The van der Waals surface area contributed by atoms with Gasteiger partial charge < -0.3 is 20.8 Å². The second kappa shape index (κ2) is 3.59. The van der Waals surface area contributed by atoms with Gasteiger partial charge in [-0.2, -0.15) is 0 Å². The van der Waals surface area contributed by atoms with Gasteiger partial charge in [-0.1, -0.05) is 0 Å². The third-order valence-corrected chi connectivity index (χ3v) is 1.22. The Morgan fingerprint density at radius 1 is 1.17 bits per heavy atom. The van der Waals surface area contributed by atoms with Crippen molar-refractivity contribution >= 4 is 5.97 Å². The Bertz CT molecular complexity index is 294. The minimum atomic E-state index is -1.14. The summed E-state index contributed by atoms with van der Waals surface area (Å²) in [6.07, 6.45) is 0. The van der Waals surface area contributed by atoms with Crippen LogP contribution in [0.1, 0.15) is 10.4 Å². The number of carbonyl (C=O) groups is 1. The molecule has 0 radical (unpaired) electrons. The van der Waals surface area contributed by atoms with Crippen molar-refractivity contribution in [2.45, 2.75) is 0 Å². The summed E-state index contributed by atoms with van der Waals surface area (Å²) in [7, 11) is 0. The molecule has 1 aromatic rings. The van der Waals surface area contributed by atoms with Gasteiger partial charge in [0, 0.05) is 0 Å². The molecule has 1 aromatic carbocycles. The quantitative estimate of drug-likeness (QED) is 0.516. The second-order valence-electron chi connectivity index (χ2n) is 2.01. The molecule has 66 valence electrons. The number of hydrogen-bond donors (Lipinski definition) is 3. The zero-order valence-electron chi connectivity index (χ0n) is 5.98. The summed E-state index contributed by atoms with van der Waals surface area (Å²) in [6, 6.07) is 3.31. The highest BCUT2D eigenvalue weighted by molar-refractivity contribution is 5.88. The van der Waals surface area contributed by atoms with Crippen molar-refractivity contribution in [1.82, 2.24) is 0 Å². The lowest BCUT2D eigenvalue weighted by Gasteiger charge is -1.97. The van der Waals surface area contributed by atoms with E-state index in [-0.39, 0.29) is 16.8 Å². The first kappa shape index (κ1) is 10.2. The molecule has 0 atom stereocenters. The van der Waals surface area contributed by atoms with Crippen molar-refractivity contribution in [3.8, 4) is 11.5 Å². The topological polar surface area (TPSA) is 109 Å². The average Bonchev–Trinajstić information content (AvgIpc) is 1.94. The number of phenols is 2. The van der Waals surface area contributed by atoms with Gasteiger partial charge in [0.15, 0.2) is 11.5 Å². The lowest BCUT2D eigenvalue weighted by atomic mass is 10.2. The zero-order chi connectivity index (χ0) is 8.43. The number of hydrogen-bond acceptors (Lipinski definition) is 3. The summed E-state index contributed by atoms with van der Waals surface area (Å²) in [6.45, 7) is 0. The molecule has 5 N–H and O–H groups in total. The first-order valence-electron chi connectivity index (χ1n) is 2.86. The highest BCUT2D eigenvalue weighted by Crippen LogP contribution is 2.24. The summed E-state index contributed by atoms with van der Waals surface area (Å²) in [5, 5.41) is 26.0. The Morgan fingerprint density at radius 2 is 1.75 bits per heavy atom. The highest BCUT2D eigenvalue weighted by Gasteiger charge is 2.05. The number of carboxylic acid groups (broad SMARTS) is 1. The maximum atomic E-state index is 10.3. The molecule has 0 heterocycles. The fourth-order valence-electron chi connectivity index (χ4n) is 0.656. The van der Waals surface area contributed by atoms with Crippen LogP contribution in [-0.2, 0) is 0 Å². The van der Waals surface area contributed by atoms with Crippen LogP contribution in [0.3, 0.4) is 0 Å². The summed E-state index contributed by atoms with van der Waals surface area (Å²) in [4.78, 5) is 10.3. The van der Waals surface area contributed by atoms with E-state index in [4.69, 9.17) is 15.3 Å². The number of benzene rings is 1. The van der Waals surface area contributed by atoms with Crippen molar-refractivity contribution in [2.75, 3.05) is 0 Å². The zero-order valence-corrected chi connectivity index (χ0v) is 5.98. The van der Waals surface area contributed by atoms with Crippen LogP contribution >= 0.6 is 0 Å². The molecule has 0 unspecified atom stereocenters. The Labute approximate surface area is 67.8 Å². The Balaban J connectivity index is 0.00000121. The summed E-state index contributed by atoms with van der Waals surface area (Å²) >= 11 is 0. The maximum Gasteiger partial charge on any atom is 0.335 e. The lowest BCUT2D eigenvalue weighted by molar-refractivity contribution is 0.0696. The number of phenolic OH excluding ortho intramolecular Hbond substituents is 2. The van der Waals surface area contributed by atoms with E-state index in [0.29, 0.717) is 0 Å². The van der Waals surface area contributed by atoms with Gasteiger partial charge in [-0.15, -0.1) is 0 Å². The minimum absolute atomic E-state index is 0. The van der Waals surface area contributed by atoms with Crippen LogP contribution in [0.15, 0.2) is 18.2 Å². The van der Waals surface area contributed by atoms with Crippen LogP contribution < -0.4 is 0 Å². The van der Waals surface area contributed by atoms with Crippen molar-refractivity contribution in [1.29, 1.82) is 0 Å². The van der Waals surface area contributed by atoms with Gasteiger partial charge in [0.2, 0.25) is 0 Å². The molecule has 0 aliphatic rings. The van der Waals surface area contributed by atoms with E-state index >= 15 is 0 Å². The third-order valence-electron chi connectivity index (χ3n) is 1.22. The fraction of sp³-hybridized carbons (Fsp3) is 0. The number of carboxylic acids is 1. The maximum absolute atomic E-state index is 10.3. The SMILES string of the molecule is O.O=C(O)c1ccc(O)c(O)c1. The number of aromatic carboxylic acids is 1. The molecular formula is C7H8O5. The molecule has 1 rings (SSSR count). The van der Waals surface area contributed by atoms with Crippen LogP contribution in [0.4, 0.5) is 0 Å². The highest BCUT2D eigenvalue weighted by atomic mass is 16.4. The first-order valence-corrected chi connectivity index (χ1v) is 2.86. The summed E-state index contributed by atoms with van der Waals surface area (Å²) in [5.41, 5.74) is -0.0553. The molecule has 0 bridgehead atoms. The van der Waals surface area contributed by atoms with Crippen molar-refractivity contribution in [2.24, 2.45) is 0 Å². The molecule has 0 aliphatic carbocycles. The van der Waals surface area contributed by atoms with E-state index < -0.39 is 11.7 Å². The van der Waals surface area contributed by atoms with Gasteiger partial charge in [-0.05, 0) is 18.2 Å². The predicted molar refractivity (Wildman–Crippen MR) is 40.3 cm³/mol. The smallest absolute Gasteiger partial charge is 0.335 e. The molecule has 12 heavy (non-hydrogen) atoms. The largest absolute Gasteiger partial charge is 0.504 e. The number of aromatic hydroxyl groups is 2. The second-order valence-corrected chi connectivity index (χ2v) is 2.01. The van der Waals surface area contributed by atoms with Crippen molar-refractivity contribution < 1.29 is 25.6 Å². The monoisotopic (exact) mass is 172 g/mol. The van der Waals surface area contributed by atoms with Gasteiger partial charge in [0.05, 0.1) is 5.56 Å². The van der Waals surface area contributed by atoms with E-state index in [0.717, 1.165) is 12.1 Å². The van der Waals surface area contributed by atoms with Crippen LogP contribution in [-0.4, -0.2) is 26.8 Å². The van der Waals surface area contributed by atoms with Gasteiger partial charge >= 0.3 is 5.97 Å². The Morgan fingerprint density at radius 3 is 2.17 bits per heavy atom. The van der Waals surface area contributed by atoms with Crippen molar-refractivity contribution in [3.63, 3.8) is 0 Å². The average molecular weight is 172 g/mol. The van der Waals surface area contributed by atoms with Gasteiger partial charge in [0.1, 0.15) is 0 Å². The Kier molecular flexibility index (Phi) is 3.06. The van der Waals surface area contributed by atoms with E-state index in [2.05, 4.69) is 0 Å². The summed E-state index contributed by atoms with van der Waals surface area (Å²) < 4.78 is 0. The van der Waals surface area contributed by atoms with E-state index in [1.54, 1.807) is 0 Å². The fourth-order valence-corrected chi connectivity index (χ4v) is 0.656. The molecule has 0 aromatic heterocycles. The van der Waals surface area contributed by atoms with Crippen LogP contribution in [0, 0.1) is 0 Å². The van der Waals surface area contributed by atoms with E-state index in [1.807, 2.05) is 0 Å². The van der Waals surface area contributed by atoms with E-state index in [1.165, 1.54) is 6.07 Å². The standard InChI is InChI=1S/C7H6O4.H2O/c8-5-2-1-4(7(10)11)3-6(5)9;/h1-3,8-9H,(H,10,11);1H2. The summed E-state index contributed by atoms with van der Waals surface area (Å²) in [5.74, 6) is -1.89. The third kappa shape index (κ3) is 1.86. The predicted octanol–water partition coefficient (Wildman–Crippen LogP) is -0.0287.